The van der Waals surface area contributed by atoms with E-state index in [1.807, 2.05) is 0 Å². The summed E-state index contributed by atoms with van der Waals surface area (Å²) in [6, 6.07) is 0. The highest BCUT2D eigenvalue weighted by Crippen LogP contribution is 2.56. The third kappa shape index (κ3) is 4.88. The first-order valence-electron chi connectivity index (χ1n) is 6.82. The van der Waals surface area contributed by atoms with Gasteiger partial charge in [-0.1, -0.05) is 6.58 Å². The second-order valence-electron chi connectivity index (χ2n) is 5.21. The third-order valence-corrected chi connectivity index (χ3v) is 3.15. The van der Waals surface area contributed by atoms with Crippen LogP contribution >= 0.6 is 0 Å². The molecule has 4 nitrogen and oxygen atoms in total. The summed E-state index contributed by atoms with van der Waals surface area (Å²) in [6.07, 6.45) is -16.8. The van der Waals surface area contributed by atoms with Crippen LogP contribution in [0.5, 0.6) is 0 Å². The van der Waals surface area contributed by atoms with Crippen molar-refractivity contribution in [3.8, 4) is 0 Å². The number of alkyl halides is 12. The van der Waals surface area contributed by atoms with Crippen LogP contribution < -0.4 is 0 Å². The molecule has 16 heteroatoms. The van der Waals surface area contributed by atoms with Crippen molar-refractivity contribution in [2.75, 3.05) is 7.11 Å². The molecule has 0 radical (unpaired) electrons. The van der Waals surface area contributed by atoms with Gasteiger partial charge in [0, 0.05) is 5.57 Å². The fourth-order valence-corrected chi connectivity index (χ4v) is 1.51. The van der Waals surface area contributed by atoms with Gasteiger partial charge in [0.2, 0.25) is 6.17 Å². The summed E-state index contributed by atoms with van der Waals surface area (Å²) in [4.78, 5) is 22.0. The van der Waals surface area contributed by atoms with Crippen LogP contribution in [0.1, 0.15) is 6.42 Å². The minimum absolute atomic E-state index is 0.741. The van der Waals surface area contributed by atoms with Gasteiger partial charge in [-0.25, -0.2) is 18.0 Å². The van der Waals surface area contributed by atoms with E-state index >= 15 is 0 Å². The molecule has 0 N–H and O–H groups in total. The molecule has 0 aliphatic rings. The van der Waals surface area contributed by atoms with Crippen molar-refractivity contribution >= 4 is 11.9 Å². The van der Waals surface area contributed by atoms with Crippen LogP contribution in [-0.4, -0.2) is 61.7 Å². The molecule has 29 heavy (non-hydrogen) atoms. The van der Waals surface area contributed by atoms with E-state index in [0.717, 1.165) is 7.11 Å². The standard InChI is InChI=1S/C13H10F12O4/c1-4(8(27)28-2)3-5(26)29-9(17)11(20,21)13(24,25)12(22,23)10(18,19)6(14)7(15)16/h6-7,9H,1,3H2,2H3. The summed E-state index contributed by atoms with van der Waals surface area (Å²) in [5.74, 6) is -32.8. The monoisotopic (exact) mass is 458 g/mol. The number of halogens is 12. The zero-order valence-electron chi connectivity index (χ0n) is 13.8. The van der Waals surface area contributed by atoms with Gasteiger partial charge in [-0.15, -0.1) is 0 Å². The van der Waals surface area contributed by atoms with Gasteiger partial charge in [0.25, 0.3) is 6.43 Å². The van der Waals surface area contributed by atoms with Crippen LogP contribution in [0.3, 0.4) is 0 Å². The lowest BCUT2D eigenvalue weighted by Gasteiger charge is -2.38. The molecule has 0 amide bonds. The van der Waals surface area contributed by atoms with Crippen molar-refractivity contribution < 1.29 is 71.7 Å². The normalized spacial score (nSPS) is 15.7. The minimum Gasteiger partial charge on any atom is -0.466 e. The lowest BCUT2D eigenvalue weighted by molar-refractivity contribution is -0.399. The summed E-state index contributed by atoms with van der Waals surface area (Å²) in [7, 11) is 0.741. The van der Waals surface area contributed by atoms with E-state index in [0.29, 0.717) is 0 Å². The molecule has 0 aliphatic heterocycles. The molecule has 0 heterocycles. The molecule has 2 unspecified atom stereocenters. The lowest BCUT2D eigenvalue weighted by Crippen LogP contribution is -2.67. The Labute approximate surface area is 153 Å². The second kappa shape index (κ2) is 8.69. The van der Waals surface area contributed by atoms with Crippen molar-refractivity contribution in [3.05, 3.63) is 12.2 Å². The lowest BCUT2D eigenvalue weighted by atomic mass is 9.95. The summed E-state index contributed by atoms with van der Waals surface area (Å²) in [5, 5.41) is 0. The molecule has 0 spiro atoms. The van der Waals surface area contributed by atoms with E-state index in [4.69, 9.17) is 0 Å². The smallest absolute Gasteiger partial charge is 0.385 e. The van der Waals surface area contributed by atoms with E-state index in [2.05, 4.69) is 16.1 Å². The Morgan fingerprint density at radius 3 is 1.66 bits per heavy atom. The molecule has 0 aromatic carbocycles. The van der Waals surface area contributed by atoms with Gasteiger partial charge in [0.15, 0.2) is 0 Å². The SMILES string of the molecule is C=C(CC(=O)OC(F)C(F)(F)C(F)(F)C(F)(F)C(F)(F)C(F)C(F)F)C(=O)OC. The number of ether oxygens (including phenoxy) is 2. The molecule has 0 saturated heterocycles. The maximum atomic E-state index is 13.4. The third-order valence-electron chi connectivity index (χ3n) is 3.15. The molecule has 170 valence electrons. The number of rotatable bonds is 10. The first-order chi connectivity index (χ1) is 12.8. The molecule has 0 aliphatic carbocycles. The van der Waals surface area contributed by atoms with Gasteiger partial charge in [0.1, 0.15) is 0 Å². The van der Waals surface area contributed by atoms with E-state index in [-0.39, 0.29) is 0 Å². The number of hydrogen-bond donors (Lipinski definition) is 0. The summed E-state index contributed by atoms with van der Waals surface area (Å²) >= 11 is 0. The highest BCUT2D eigenvalue weighted by atomic mass is 19.4. The Kier molecular flexibility index (Phi) is 8.04. The maximum Gasteiger partial charge on any atom is 0.385 e. The molecular formula is C13H10F12O4. The average molecular weight is 458 g/mol. The van der Waals surface area contributed by atoms with Gasteiger partial charge in [-0.3, -0.25) is 4.79 Å². The minimum atomic E-state index is -7.56. The van der Waals surface area contributed by atoms with Crippen LogP contribution in [0.4, 0.5) is 52.7 Å². The number of carbonyl (C=O) groups is 2. The van der Waals surface area contributed by atoms with E-state index in [1.54, 1.807) is 0 Å². The number of esters is 2. The Morgan fingerprint density at radius 2 is 1.28 bits per heavy atom. The van der Waals surface area contributed by atoms with Crippen LogP contribution in [0, 0.1) is 0 Å². The molecule has 0 saturated carbocycles. The van der Waals surface area contributed by atoms with Gasteiger partial charge in [0.05, 0.1) is 13.5 Å². The van der Waals surface area contributed by atoms with Gasteiger partial charge in [-0.05, 0) is 0 Å². The van der Waals surface area contributed by atoms with Crippen molar-refractivity contribution in [3.63, 3.8) is 0 Å². The Hall–Kier alpha value is -2.16. The first kappa shape index (κ1) is 26.8. The zero-order chi connectivity index (χ0) is 23.6. The van der Waals surface area contributed by atoms with Crippen molar-refractivity contribution in [2.45, 2.75) is 49.1 Å². The molecule has 0 rings (SSSR count). The predicted molar refractivity (Wildman–Crippen MR) is 67.4 cm³/mol. The topological polar surface area (TPSA) is 52.6 Å². The highest BCUT2D eigenvalue weighted by Gasteiger charge is 2.85. The average Bonchev–Trinajstić information content (AvgIpc) is 2.58. The van der Waals surface area contributed by atoms with E-state index in [9.17, 15) is 62.3 Å². The largest absolute Gasteiger partial charge is 0.466 e. The fraction of sp³-hybridized carbons (Fsp3) is 0.692. The zero-order valence-corrected chi connectivity index (χ0v) is 13.8. The maximum absolute atomic E-state index is 13.4. The Bertz CT molecular complexity index is 633. The first-order valence-corrected chi connectivity index (χ1v) is 6.82. The molecule has 0 fully saturated rings. The molecule has 0 aromatic heterocycles. The second-order valence-corrected chi connectivity index (χ2v) is 5.21. The number of hydrogen-bond acceptors (Lipinski definition) is 4. The van der Waals surface area contributed by atoms with E-state index in [1.165, 1.54) is 0 Å². The fourth-order valence-electron chi connectivity index (χ4n) is 1.51. The highest BCUT2D eigenvalue weighted by molar-refractivity contribution is 5.93. The predicted octanol–water partition coefficient (Wildman–Crippen LogP) is 4.09. The molecular weight excluding hydrogens is 448 g/mol. The summed E-state index contributed by atoms with van der Waals surface area (Å²) in [5.41, 5.74) is -0.895. The van der Waals surface area contributed by atoms with E-state index < -0.39 is 66.6 Å². The number of methoxy groups -OCH3 is 1. The van der Waals surface area contributed by atoms with Crippen LogP contribution in [0.2, 0.25) is 0 Å². The number of carbonyl (C=O) groups excluding carboxylic acids is 2. The van der Waals surface area contributed by atoms with Crippen LogP contribution in [-0.2, 0) is 19.1 Å². The van der Waals surface area contributed by atoms with Crippen molar-refractivity contribution in [1.82, 2.24) is 0 Å². The van der Waals surface area contributed by atoms with Gasteiger partial charge >= 0.3 is 42.0 Å². The molecule has 0 aromatic rings. The molecule has 2 atom stereocenters. The van der Waals surface area contributed by atoms with Crippen molar-refractivity contribution in [2.24, 2.45) is 0 Å². The molecule has 0 bridgehead atoms. The van der Waals surface area contributed by atoms with Crippen LogP contribution in [0.25, 0.3) is 0 Å². The van der Waals surface area contributed by atoms with Gasteiger partial charge in [-0.2, -0.15) is 39.5 Å². The van der Waals surface area contributed by atoms with Crippen LogP contribution in [0.15, 0.2) is 12.2 Å². The Balaban J connectivity index is 5.70. The van der Waals surface area contributed by atoms with Crippen molar-refractivity contribution in [1.29, 1.82) is 0 Å². The summed E-state index contributed by atoms with van der Waals surface area (Å²) < 4.78 is 162. The van der Waals surface area contributed by atoms with Gasteiger partial charge < -0.3 is 9.47 Å². The quantitative estimate of drug-likeness (QED) is 0.281. The summed E-state index contributed by atoms with van der Waals surface area (Å²) in [6.45, 7) is 2.83. The Morgan fingerprint density at radius 1 is 0.862 bits per heavy atom.